The molecular weight excluding hydrogens is 364 g/mol. The lowest BCUT2D eigenvalue weighted by Gasteiger charge is -2.34. The van der Waals surface area contributed by atoms with Crippen molar-refractivity contribution in [3.8, 4) is 0 Å². The second kappa shape index (κ2) is 6.02. The SMILES string of the molecule is CP(=O)(Cl)OC(c1ccccc1)C(F)(F)C(F)(F)C(F)(F)F. The highest BCUT2D eigenvalue weighted by Crippen LogP contribution is 2.59. The summed E-state index contributed by atoms with van der Waals surface area (Å²) in [5.41, 5.74) is -0.723. The first kappa shape index (κ1) is 19.3. The molecule has 0 bridgehead atoms. The molecule has 1 rings (SSSR count). The molecule has 0 saturated heterocycles. The zero-order chi connectivity index (χ0) is 17.4. The Kier molecular flexibility index (Phi) is 5.27. The van der Waals surface area contributed by atoms with Crippen LogP contribution in [0.4, 0.5) is 30.7 Å². The lowest BCUT2D eigenvalue weighted by Crippen LogP contribution is -2.55. The highest BCUT2D eigenvalue weighted by Gasteiger charge is 2.76. The number of hydrogen-bond donors (Lipinski definition) is 0. The van der Waals surface area contributed by atoms with Crippen LogP contribution < -0.4 is 0 Å². The van der Waals surface area contributed by atoms with Crippen LogP contribution in [0.5, 0.6) is 0 Å². The van der Waals surface area contributed by atoms with E-state index in [9.17, 15) is 35.3 Å². The fraction of sp³-hybridized carbons (Fsp3) is 0.455. The Labute approximate surface area is 125 Å². The lowest BCUT2D eigenvalue weighted by atomic mass is 9.98. The summed E-state index contributed by atoms with van der Waals surface area (Å²) in [6.45, 7) is -3.71. The van der Waals surface area contributed by atoms with Crippen molar-refractivity contribution in [1.29, 1.82) is 0 Å². The lowest BCUT2D eigenvalue weighted by molar-refractivity contribution is -0.370. The van der Waals surface area contributed by atoms with E-state index in [4.69, 9.17) is 11.2 Å². The van der Waals surface area contributed by atoms with Gasteiger partial charge >= 0.3 is 18.0 Å². The van der Waals surface area contributed by atoms with Gasteiger partial charge in [-0.1, -0.05) is 30.3 Å². The van der Waals surface area contributed by atoms with Crippen LogP contribution in [-0.4, -0.2) is 24.7 Å². The molecule has 1 aromatic rings. The topological polar surface area (TPSA) is 26.3 Å². The summed E-state index contributed by atoms with van der Waals surface area (Å²) >= 11 is 5.12. The largest absolute Gasteiger partial charge is 0.459 e. The zero-order valence-corrected chi connectivity index (χ0v) is 12.4. The molecule has 2 unspecified atom stereocenters. The van der Waals surface area contributed by atoms with Gasteiger partial charge in [-0.2, -0.15) is 30.7 Å². The van der Waals surface area contributed by atoms with Crippen molar-refractivity contribution in [3.63, 3.8) is 0 Å². The van der Waals surface area contributed by atoms with Gasteiger partial charge in [0.1, 0.15) is 0 Å². The minimum atomic E-state index is -6.53. The maximum atomic E-state index is 13.8. The third-order valence-electron chi connectivity index (χ3n) is 2.50. The van der Waals surface area contributed by atoms with E-state index in [2.05, 4.69) is 4.52 Å². The van der Waals surface area contributed by atoms with Crippen molar-refractivity contribution in [3.05, 3.63) is 35.9 Å². The van der Waals surface area contributed by atoms with Crippen molar-refractivity contribution >= 4 is 18.0 Å². The Morgan fingerprint density at radius 1 is 1.05 bits per heavy atom. The van der Waals surface area contributed by atoms with E-state index in [1.165, 1.54) is 6.07 Å². The molecule has 0 spiro atoms. The fourth-order valence-corrected chi connectivity index (χ4v) is 2.38. The maximum Gasteiger partial charge on any atom is 0.459 e. The number of halogens is 8. The highest BCUT2D eigenvalue weighted by atomic mass is 35.7. The van der Waals surface area contributed by atoms with E-state index in [0.717, 1.165) is 24.3 Å². The average Bonchev–Trinajstić information content (AvgIpc) is 2.34. The Morgan fingerprint density at radius 2 is 1.50 bits per heavy atom. The summed E-state index contributed by atoms with van der Waals surface area (Å²) in [4.78, 5) is 0. The molecule has 0 saturated carbocycles. The molecule has 2 nitrogen and oxygen atoms in total. The number of benzene rings is 1. The quantitative estimate of drug-likeness (QED) is 0.494. The summed E-state index contributed by atoms with van der Waals surface area (Å²) in [5, 5.41) is 0. The van der Waals surface area contributed by atoms with Crippen LogP contribution in [0, 0.1) is 0 Å². The second-order valence-electron chi connectivity index (χ2n) is 4.34. The predicted octanol–water partition coefficient (Wildman–Crippen LogP) is 5.64. The Bertz CT molecular complexity index is 555. The molecule has 0 amide bonds. The first-order chi connectivity index (χ1) is 9.70. The Morgan fingerprint density at radius 3 is 1.86 bits per heavy atom. The number of hydrogen-bond acceptors (Lipinski definition) is 2. The van der Waals surface area contributed by atoms with Crippen molar-refractivity contribution in [2.24, 2.45) is 0 Å². The van der Waals surface area contributed by atoms with E-state index in [-0.39, 0.29) is 0 Å². The van der Waals surface area contributed by atoms with Crippen molar-refractivity contribution < 1.29 is 39.8 Å². The van der Waals surface area contributed by atoms with Crippen LogP contribution in [0.1, 0.15) is 11.7 Å². The normalized spacial score (nSPS) is 17.9. The molecule has 0 heterocycles. The Balaban J connectivity index is 3.41. The molecule has 0 aromatic heterocycles. The molecule has 22 heavy (non-hydrogen) atoms. The maximum absolute atomic E-state index is 13.8. The summed E-state index contributed by atoms with van der Waals surface area (Å²) in [7, 11) is 0. The van der Waals surface area contributed by atoms with Gasteiger partial charge in [-0.25, -0.2) is 0 Å². The highest BCUT2D eigenvalue weighted by molar-refractivity contribution is 7.84. The number of alkyl halides is 7. The first-order valence-corrected chi connectivity index (χ1v) is 8.50. The second-order valence-corrected chi connectivity index (χ2v) is 7.88. The monoisotopic (exact) mass is 372 g/mol. The Hall–Kier alpha value is -0.790. The first-order valence-electron chi connectivity index (χ1n) is 5.53. The van der Waals surface area contributed by atoms with E-state index in [0.29, 0.717) is 6.66 Å². The summed E-state index contributed by atoms with van der Waals surface area (Å²) in [6.07, 6.45) is -9.67. The van der Waals surface area contributed by atoms with Gasteiger partial charge in [0.05, 0.1) is 0 Å². The zero-order valence-electron chi connectivity index (χ0n) is 10.8. The number of rotatable bonds is 5. The van der Waals surface area contributed by atoms with Crippen molar-refractivity contribution in [2.45, 2.75) is 24.1 Å². The van der Waals surface area contributed by atoms with Crippen LogP contribution in [0.2, 0.25) is 0 Å². The molecule has 126 valence electrons. The minimum Gasteiger partial charge on any atom is -0.303 e. The summed E-state index contributed by atoms with van der Waals surface area (Å²) in [6, 6.07) is 5.20. The van der Waals surface area contributed by atoms with E-state index in [1.807, 2.05) is 0 Å². The standard InChI is InChI=1S/C11H9ClF7O2P/c1-22(12,20)21-8(7-5-3-2-4-6-7)9(13,14)10(15,16)11(17,18)19/h2-6,8H,1H3. The molecule has 1 aromatic carbocycles. The van der Waals surface area contributed by atoms with E-state index in [1.54, 1.807) is 0 Å². The molecule has 0 aliphatic heterocycles. The third kappa shape index (κ3) is 3.94. The predicted molar refractivity (Wildman–Crippen MR) is 65.6 cm³/mol. The molecule has 0 N–H and O–H groups in total. The van der Waals surface area contributed by atoms with Crippen molar-refractivity contribution in [2.75, 3.05) is 6.66 Å². The van der Waals surface area contributed by atoms with Gasteiger partial charge in [0, 0.05) is 6.66 Å². The van der Waals surface area contributed by atoms with Gasteiger partial charge in [-0.15, -0.1) is 0 Å². The fourth-order valence-electron chi connectivity index (χ4n) is 1.51. The van der Waals surface area contributed by atoms with Crippen LogP contribution in [0.3, 0.4) is 0 Å². The van der Waals surface area contributed by atoms with Gasteiger partial charge in [0.15, 0.2) is 6.10 Å². The molecule has 0 radical (unpaired) electrons. The van der Waals surface area contributed by atoms with Gasteiger partial charge in [0.2, 0.25) is 0 Å². The van der Waals surface area contributed by atoms with E-state index < -0.39 is 36.4 Å². The van der Waals surface area contributed by atoms with Gasteiger partial charge in [-0.05, 0) is 16.8 Å². The van der Waals surface area contributed by atoms with Crippen LogP contribution >= 0.6 is 18.0 Å². The molecular formula is C11H9ClF7O2P. The molecule has 0 fully saturated rings. The summed E-state index contributed by atoms with van der Waals surface area (Å²) < 4.78 is 106. The van der Waals surface area contributed by atoms with E-state index >= 15 is 0 Å². The van der Waals surface area contributed by atoms with Gasteiger partial charge < -0.3 is 4.52 Å². The van der Waals surface area contributed by atoms with Gasteiger partial charge in [-0.3, -0.25) is 4.57 Å². The van der Waals surface area contributed by atoms with Crippen LogP contribution in [0.25, 0.3) is 0 Å². The van der Waals surface area contributed by atoms with Crippen LogP contribution in [0.15, 0.2) is 30.3 Å². The van der Waals surface area contributed by atoms with Gasteiger partial charge in [0.25, 0.3) is 6.72 Å². The molecule has 11 heteroatoms. The van der Waals surface area contributed by atoms with Crippen LogP contribution in [-0.2, 0) is 9.09 Å². The summed E-state index contributed by atoms with van der Waals surface area (Å²) in [5.74, 6) is -12.1. The van der Waals surface area contributed by atoms with Crippen molar-refractivity contribution in [1.82, 2.24) is 0 Å². The molecule has 0 aliphatic carbocycles. The minimum absolute atomic E-state index is 0.603. The smallest absolute Gasteiger partial charge is 0.303 e. The molecule has 0 aliphatic rings. The molecule has 2 atom stereocenters. The average molecular weight is 373 g/mol. The third-order valence-corrected chi connectivity index (χ3v) is 3.33.